The lowest BCUT2D eigenvalue weighted by Crippen LogP contribution is -2.46. The summed E-state index contributed by atoms with van der Waals surface area (Å²) in [5, 5.41) is 7.28. The quantitative estimate of drug-likeness (QED) is 0.762. The van der Waals surface area contributed by atoms with Gasteiger partial charge in [-0.1, -0.05) is 6.42 Å². The summed E-state index contributed by atoms with van der Waals surface area (Å²) in [4.78, 5) is 35.4. The van der Waals surface area contributed by atoms with Crippen molar-refractivity contribution in [2.75, 3.05) is 7.11 Å². The Kier molecular flexibility index (Phi) is 5.41. The van der Waals surface area contributed by atoms with Gasteiger partial charge in [-0.15, -0.1) is 0 Å². The molecule has 1 fully saturated rings. The molecule has 7 nitrogen and oxygen atoms in total. The van der Waals surface area contributed by atoms with Crippen LogP contribution >= 0.6 is 0 Å². The highest BCUT2D eigenvalue weighted by Gasteiger charge is 2.44. The van der Waals surface area contributed by atoms with Gasteiger partial charge in [0.1, 0.15) is 12.3 Å². The summed E-state index contributed by atoms with van der Waals surface area (Å²) in [5.41, 5.74) is 1.96. The van der Waals surface area contributed by atoms with Gasteiger partial charge in [0.25, 0.3) is 0 Å². The molecule has 1 aliphatic rings. The molecule has 0 saturated heterocycles. The largest absolute Gasteiger partial charge is 0.468 e. The number of rotatable bonds is 7. The van der Waals surface area contributed by atoms with E-state index in [0.29, 0.717) is 13.0 Å². The Hall–Kier alpha value is -2.18. The summed E-state index contributed by atoms with van der Waals surface area (Å²) in [6.07, 6.45) is 2.81. The first kappa shape index (κ1) is 18.2. The van der Waals surface area contributed by atoms with Gasteiger partial charge in [0, 0.05) is 24.2 Å². The Morgan fingerprint density at radius 3 is 2.46 bits per heavy atom. The van der Waals surface area contributed by atoms with Crippen LogP contribution in [0.4, 0.5) is 0 Å². The van der Waals surface area contributed by atoms with Crippen molar-refractivity contribution in [1.29, 1.82) is 0 Å². The average Bonchev–Trinajstić information content (AvgIpc) is 2.74. The molecular weight excluding hydrogens is 310 g/mol. The molecule has 1 saturated carbocycles. The van der Waals surface area contributed by atoms with Crippen LogP contribution in [0, 0.1) is 19.3 Å². The van der Waals surface area contributed by atoms with Crippen molar-refractivity contribution in [1.82, 2.24) is 15.1 Å². The van der Waals surface area contributed by atoms with Crippen LogP contribution in [0.1, 0.15) is 49.6 Å². The maximum Gasteiger partial charge on any atom is 0.327 e. The molecule has 1 aromatic rings. The molecule has 24 heavy (non-hydrogen) atoms. The minimum atomic E-state index is -0.532. The molecule has 1 N–H and O–H groups in total. The van der Waals surface area contributed by atoms with Crippen molar-refractivity contribution in [2.24, 2.45) is 5.41 Å². The van der Waals surface area contributed by atoms with Crippen LogP contribution in [0.3, 0.4) is 0 Å². The van der Waals surface area contributed by atoms with E-state index in [9.17, 15) is 14.4 Å². The Labute approximate surface area is 141 Å². The highest BCUT2D eigenvalue weighted by molar-refractivity contribution is 5.89. The highest BCUT2D eigenvalue weighted by Crippen LogP contribution is 2.44. The molecular formula is C17H25N3O4. The second-order valence-corrected chi connectivity index (χ2v) is 6.58. The Morgan fingerprint density at radius 1 is 1.29 bits per heavy atom. The third-order valence-corrected chi connectivity index (χ3v) is 4.84. The smallest absolute Gasteiger partial charge is 0.327 e. The van der Waals surface area contributed by atoms with E-state index in [0.717, 1.165) is 36.2 Å². The van der Waals surface area contributed by atoms with E-state index in [1.54, 1.807) is 4.68 Å². The average molecular weight is 335 g/mol. The molecule has 0 spiro atoms. The van der Waals surface area contributed by atoms with Crippen LogP contribution in [0.15, 0.2) is 0 Å². The predicted octanol–water partition coefficient (Wildman–Crippen LogP) is 1.44. The number of carbonyl (C=O) groups excluding carboxylic acids is 3. The van der Waals surface area contributed by atoms with Gasteiger partial charge in [0.05, 0.1) is 18.2 Å². The van der Waals surface area contributed by atoms with Crippen LogP contribution < -0.4 is 5.32 Å². The van der Waals surface area contributed by atoms with Crippen LogP contribution in [0.2, 0.25) is 0 Å². The zero-order chi connectivity index (χ0) is 17.9. The summed E-state index contributed by atoms with van der Waals surface area (Å²) < 4.78 is 6.24. The standard InChI is InChI=1S/C17H25N3O4/c1-11(21)8-17(6-5-7-17)16(23)18-9-14-12(2)19-20(13(14)3)10-15(22)24-4/h5-10H2,1-4H3,(H,18,23). The fourth-order valence-electron chi connectivity index (χ4n) is 3.25. The van der Waals surface area contributed by atoms with E-state index in [1.165, 1.54) is 14.0 Å². The van der Waals surface area contributed by atoms with Gasteiger partial charge in [-0.25, -0.2) is 0 Å². The maximum absolute atomic E-state index is 12.5. The van der Waals surface area contributed by atoms with Gasteiger partial charge < -0.3 is 10.1 Å². The zero-order valence-electron chi connectivity index (χ0n) is 14.8. The number of aryl methyl sites for hydroxylation is 1. The van der Waals surface area contributed by atoms with E-state index in [2.05, 4.69) is 15.2 Å². The molecule has 7 heteroatoms. The number of methoxy groups -OCH3 is 1. The molecule has 1 heterocycles. The molecule has 132 valence electrons. The number of hydrogen-bond donors (Lipinski definition) is 1. The number of nitrogens with one attached hydrogen (secondary N) is 1. The van der Waals surface area contributed by atoms with Gasteiger partial charge in [0.2, 0.25) is 5.91 Å². The number of ketones is 1. The minimum Gasteiger partial charge on any atom is -0.468 e. The number of Topliss-reactive ketones (excluding diaryl/α,β-unsaturated/α-hetero) is 1. The van der Waals surface area contributed by atoms with E-state index in [4.69, 9.17) is 0 Å². The summed E-state index contributed by atoms with van der Waals surface area (Å²) >= 11 is 0. The number of amides is 1. The molecule has 0 atom stereocenters. The lowest BCUT2D eigenvalue weighted by atomic mass is 9.65. The monoisotopic (exact) mass is 335 g/mol. The van der Waals surface area contributed by atoms with Crippen LogP contribution in [0.5, 0.6) is 0 Å². The molecule has 0 unspecified atom stereocenters. The van der Waals surface area contributed by atoms with Gasteiger partial charge >= 0.3 is 5.97 Å². The molecule has 0 bridgehead atoms. The fraction of sp³-hybridized carbons (Fsp3) is 0.647. The van der Waals surface area contributed by atoms with Crippen molar-refractivity contribution in [3.63, 3.8) is 0 Å². The van der Waals surface area contributed by atoms with Crippen molar-refractivity contribution >= 4 is 17.7 Å². The molecule has 0 aromatic carbocycles. The number of aromatic nitrogens is 2. The van der Waals surface area contributed by atoms with Gasteiger partial charge in [0.15, 0.2) is 0 Å². The van der Waals surface area contributed by atoms with E-state index in [1.807, 2.05) is 13.8 Å². The first-order valence-corrected chi connectivity index (χ1v) is 8.16. The van der Waals surface area contributed by atoms with Gasteiger partial charge in [-0.3, -0.25) is 19.1 Å². The van der Waals surface area contributed by atoms with Crippen LogP contribution in [0.25, 0.3) is 0 Å². The number of hydrogen-bond acceptors (Lipinski definition) is 5. The summed E-state index contributed by atoms with van der Waals surface area (Å²) in [6, 6.07) is 0. The first-order valence-electron chi connectivity index (χ1n) is 8.16. The Balaban J connectivity index is 2.05. The molecule has 0 radical (unpaired) electrons. The van der Waals surface area contributed by atoms with Gasteiger partial charge in [-0.05, 0) is 33.6 Å². The van der Waals surface area contributed by atoms with Crippen molar-refractivity contribution in [3.8, 4) is 0 Å². The van der Waals surface area contributed by atoms with E-state index in [-0.39, 0.29) is 24.2 Å². The topological polar surface area (TPSA) is 90.3 Å². The van der Waals surface area contributed by atoms with Crippen molar-refractivity contribution < 1.29 is 19.1 Å². The first-order chi connectivity index (χ1) is 11.3. The predicted molar refractivity (Wildman–Crippen MR) is 87.1 cm³/mol. The number of carbonyl (C=O) groups is 3. The Bertz CT molecular complexity index is 659. The highest BCUT2D eigenvalue weighted by atomic mass is 16.5. The summed E-state index contributed by atoms with van der Waals surface area (Å²) in [5.74, 6) is -0.391. The third kappa shape index (κ3) is 3.66. The second kappa shape index (κ2) is 7.15. The lowest BCUT2D eigenvalue weighted by molar-refractivity contribution is -0.141. The lowest BCUT2D eigenvalue weighted by Gasteiger charge is -2.39. The molecule has 1 aliphatic carbocycles. The molecule has 1 aromatic heterocycles. The van der Waals surface area contributed by atoms with Crippen LogP contribution in [-0.4, -0.2) is 34.6 Å². The SMILES string of the molecule is COC(=O)Cn1nc(C)c(CNC(=O)C2(CC(C)=O)CCC2)c1C. The maximum atomic E-state index is 12.5. The van der Waals surface area contributed by atoms with Crippen LogP contribution in [-0.2, 0) is 32.2 Å². The third-order valence-electron chi connectivity index (χ3n) is 4.84. The second-order valence-electron chi connectivity index (χ2n) is 6.58. The molecule has 0 aliphatic heterocycles. The fourth-order valence-corrected chi connectivity index (χ4v) is 3.25. The van der Waals surface area contributed by atoms with E-state index >= 15 is 0 Å². The zero-order valence-corrected chi connectivity index (χ0v) is 14.8. The minimum absolute atomic E-state index is 0.0445. The summed E-state index contributed by atoms with van der Waals surface area (Å²) in [6.45, 7) is 5.62. The number of nitrogens with zero attached hydrogens (tertiary/aromatic N) is 2. The number of ether oxygens (including phenoxy) is 1. The Morgan fingerprint density at radius 2 is 1.96 bits per heavy atom. The van der Waals surface area contributed by atoms with Crippen molar-refractivity contribution in [2.45, 2.75) is 59.5 Å². The molecule has 1 amide bonds. The molecule has 2 rings (SSSR count). The van der Waals surface area contributed by atoms with Crippen molar-refractivity contribution in [3.05, 3.63) is 17.0 Å². The van der Waals surface area contributed by atoms with E-state index < -0.39 is 5.41 Å². The normalized spacial score (nSPS) is 15.5. The summed E-state index contributed by atoms with van der Waals surface area (Å²) in [7, 11) is 1.34. The van der Waals surface area contributed by atoms with Gasteiger partial charge in [-0.2, -0.15) is 5.10 Å². The number of esters is 1.